The van der Waals surface area contributed by atoms with E-state index in [0.29, 0.717) is 22.4 Å². The molecule has 3 rings (SSSR count). The summed E-state index contributed by atoms with van der Waals surface area (Å²) in [5.41, 5.74) is 1.05. The van der Waals surface area contributed by atoms with Crippen molar-refractivity contribution >= 4 is 29.0 Å². The number of hydrogen-bond acceptors (Lipinski definition) is 4. The van der Waals surface area contributed by atoms with Crippen molar-refractivity contribution < 1.29 is 4.74 Å². The quantitative estimate of drug-likeness (QED) is 0.679. The Morgan fingerprint density at radius 1 is 1.21 bits per heavy atom. The zero-order valence-corrected chi connectivity index (χ0v) is 11.4. The lowest BCUT2D eigenvalue weighted by molar-refractivity contribution is 0.446. The molecule has 2 aromatic heterocycles. The van der Waals surface area contributed by atoms with Gasteiger partial charge < -0.3 is 4.74 Å². The van der Waals surface area contributed by atoms with Crippen LogP contribution in [0.1, 0.15) is 5.56 Å². The Bertz CT molecular complexity index is 757. The van der Waals surface area contributed by atoms with Gasteiger partial charge in [-0.2, -0.15) is 19.6 Å². The van der Waals surface area contributed by atoms with Crippen LogP contribution in [-0.2, 0) is 0 Å². The smallest absolute Gasteiger partial charge is 0.256 e. The summed E-state index contributed by atoms with van der Waals surface area (Å²) in [6.45, 7) is 1.95. The lowest BCUT2D eigenvalue weighted by atomic mass is 10.2. The topological polar surface area (TPSA) is 52.3 Å². The van der Waals surface area contributed by atoms with Crippen LogP contribution in [0.2, 0.25) is 10.2 Å². The highest BCUT2D eigenvalue weighted by molar-refractivity contribution is 6.32. The maximum absolute atomic E-state index is 6.13. The summed E-state index contributed by atoms with van der Waals surface area (Å²) in [4.78, 5) is 7.98. The summed E-state index contributed by atoms with van der Waals surface area (Å²) < 4.78 is 7.17. The van der Waals surface area contributed by atoms with Crippen molar-refractivity contribution in [2.75, 3.05) is 0 Å². The first-order valence-corrected chi connectivity index (χ1v) is 6.19. The standard InChI is InChI=1S/C12H8Cl2N4O/c1-7-2-3-9(8(13)4-7)19-11-5-10(14)17-12-15-6-16-18(11)12/h2-6H,1H3. The molecule has 0 amide bonds. The SMILES string of the molecule is Cc1ccc(Oc2cc(Cl)nc3ncnn23)c(Cl)c1. The molecule has 2 heterocycles. The molecule has 7 heteroatoms. The highest BCUT2D eigenvalue weighted by Crippen LogP contribution is 2.30. The van der Waals surface area contributed by atoms with E-state index in [0.717, 1.165) is 5.56 Å². The number of nitrogens with zero attached hydrogens (tertiary/aromatic N) is 4. The third-order valence-electron chi connectivity index (χ3n) is 2.49. The molecule has 0 atom stereocenters. The molecule has 0 aliphatic heterocycles. The number of rotatable bonds is 2. The zero-order valence-electron chi connectivity index (χ0n) is 9.84. The van der Waals surface area contributed by atoms with E-state index in [2.05, 4.69) is 15.1 Å². The number of fused-ring (bicyclic) bond motifs is 1. The lowest BCUT2D eigenvalue weighted by Crippen LogP contribution is -1.98. The summed E-state index contributed by atoms with van der Waals surface area (Å²) in [6.07, 6.45) is 1.38. The van der Waals surface area contributed by atoms with Crippen molar-refractivity contribution in [3.8, 4) is 11.6 Å². The van der Waals surface area contributed by atoms with Crippen LogP contribution in [0.5, 0.6) is 11.6 Å². The molecule has 0 fully saturated rings. The van der Waals surface area contributed by atoms with Gasteiger partial charge in [0.15, 0.2) is 0 Å². The van der Waals surface area contributed by atoms with Gasteiger partial charge in [-0.05, 0) is 24.6 Å². The van der Waals surface area contributed by atoms with Crippen molar-refractivity contribution in [1.29, 1.82) is 0 Å². The molecule has 0 unspecified atom stereocenters. The molecular formula is C12H8Cl2N4O. The van der Waals surface area contributed by atoms with Gasteiger partial charge in [-0.15, -0.1) is 0 Å². The van der Waals surface area contributed by atoms with E-state index in [-0.39, 0.29) is 5.15 Å². The van der Waals surface area contributed by atoms with Crippen LogP contribution in [0.3, 0.4) is 0 Å². The molecule has 0 aliphatic carbocycles. The van der Waals surface area contributed by atoms with Gasteiger partial charge >= 0.3 is 0 Å². The summed E-state index contributed by atoms with van der Waals surface area (Å²) in [5, 5.41) is 4.81. The Kier molecular flexibility index (Phi) is 3.00. The monoisotopic (exact) mass is 294 g/mol. The number of hydrogen-bond donors (Lipinski definition) is 0. The van der Waals surface area contributed by atoms with Crippen LogP contribution < -0.4 is 4.74 Å². The van der Waals surface area contributed by atoms with Gasteiger partial charge in [-0.1, -0.05) is 29.3 Å². The van der Waals surface area contributed by atoms with Crippen LogP contribution in [0.15, 0.2) is 30.6 Å². The van der Waals surface area contributed by atoms with Crippen LogP contribution in [0, 0.1) is 6.92 Å². The third-order valence-corrected chi connectivity index (χ3v) is 2.98. The maximum Gasteiger partial charge on any atom is 0.256 e. The van der Waals surface area contributed by atoms with Crippen molar-refractivity contribution in [2.45, 2.75) is 6.92 Å². The highest BCUT2D eigenvalue weighted by atomic mass is 35.5. The molecule has 0 aliphatic rings. The van der Waals surface area contributed by atoms with E-state index >= 15 is 0 Å². The molecule has 0 spiro atoms. The van der Waals surface area contributed by atoms with Gasteiger partial charge in [-0.25, -0.2) is 0 Å². The molecule has 0 bridgehead atoms. The van der Waals surface area contributed by atoms with E-state index in [1.54, 1.807) is 12.1 Å². The van der Waals surface area contributed by atoms with Gasteiger partial charge in [0.25, 0.3) is 5.78 Å². The van der Waals surface area contributed by atoms with Gasteiger partial charge in [0.1, 0.15) is 17.2 Å². The minimum atomic E-state index is 0.277. The fraction of sp³-hybridized carbons (Fsp3) is 0.0833. The zero-order chi connectivity index (χ0) is 13.4. The number of aromatic nitrogens is 4. The molecule has 0 N–H and O–H groups in total. The van der Waals surface area contributed by atoms with E-state index in [4.69, 9.17) is 27.9 Å². The summed E-state index contributed by atoms with van der Waals surface area (Å²) in [5.74, 6) is 1.29. The fourth-order valence-electron chi connectivity index (χ4n) is 1.63. The van der Waals surface area contributed by atoms with Gasteiger partial charge in [-0.3, -0.25) is 0 Å². The minimum absolute atomic E-state index is 0.277. The predicted octanol–water partition coefficient (Wildman–Crippen LogP) is 3.53. The second kappa shape index (κ2) is 4.68. The van der Waals surface area contributed by atoms with Crippen LogP contribution in [-0.4, -0.2) is 19.6 Å². The summed E-state index contributed by atoms with van der Waals surface area (Å²) in [6, 6.07) is 7.06. The third kappa shape index (κ3) is 2.34. The summed E-state index contributed by atoms with van der Waals surface area (Å²) >= 11 is 12.0. The maximum atomic E-state index is 6.13. The number of aryl methyl sites for hydroxylation is 1. The Labute approximate surface area is 118 Å². The average Bonchev–Trinajstić information content (AvgIpc) is 2.80. The van der Waals surface area contributed by atoms with Crippen LogP contribution in [0.25, 0.3) is 5.78 Å². The van der Waals surface area contributed by atoms with Gasteiger partial charge in [0, 0.05) is 6.07 Å². The first kappa shape index (κ1) is 12.2. The lowest BCUT2D eigenvalue weighted by Gasteiger charge is -2.09. The fourth-order valence-corrected chi connectivity index (χ4v) is 2.07. The molecular weight excluding hydrogens is 287 g/mol. The molecule has 0 saturated carbocycles. The minimum Gasteiger partial charge on any atom is -0.437 e. The summed E-state index contributed by atoms with van der Waals surface area (Å²) in [7, 11) is 0. The normalized spacial score (nSPS) is 10.9. The molecule has 0 radical (unpaired) electrons. The van der Waals surface area contributed by atoms with E-state index in [1.807, 2.05) is 19.1 Å². The van der Waals surface area contributed by atoms with Crippen LogP contribution >= 0.6 is 23.2 Å². The Morgan fingerprint density at radius 2 is 2.05 bits per heavy atom. The van der Waals surface area contributed by atoms with E-state index < -0.39 is 0 Å². The highest BCUT2D eigenvalue weighted by Gasteiger charge is 2.10. The second-order valence-corrected chi connectivity index (χ2v) is 4.72. The largest absolute Gasteiger partial charge is 0.437 e. The van der Waals surface area contributed by atoms with Crippen molar-refractivity contribution in [1.82, 2.24) is 19.6 Å². The molecule has 1 aromatic carbocycles. The Hall–Kier alpha value is -1.85. The second-order valence-electron chi connectivity index (χ2n) is 3.92. The van der Waals surface area contributed by atoms with Crippen molar-refractivity contribution in [3.05, 3.63) is 46.3 Å². The van der Waals surface area contributed by atoms with Crippen molar-refractivity contribution in [3.63, 3.8) is 0 Å². The van der Waals surface area contributed by atoms with E-state index in [1.165, 1.54) is 10.8 Å². The number of benzene rings is 1. The number of halogens is 2. The van der Waals surface area contributed by atoms with Gasteiger partial charge in [0.2, 0.25) is 5.88 Å². The Morgan fingerprint density at radius 3 is 2.84 bits per heavy atom. The first-order chi connectivity index (χ1) is 9.13. The van der Waals surface area contributed by atoms with Crippen LogP contribution in [0.4, 0.5) is 0 Å². The molecule has 0 saturated heterocycles. The molecule has 3 aromatic rings. The molecule has 19 heavy (non-hydrogen) atoms. The first-order valence-electron chi connectivity index (χ1n) is 5.44. The van der Waals surface area contributed by atoms with E-state index in [9.17, 15) is 0 Å². The molecule has 96 valence electrons. The Balaban J connectivity index is 2.07. The van der Waals surface area contributed by atoms with Crippen molar-refractivity contribution in [2.24, 2.45) is 0 Å². The van der Waals surface area contributed by atoms with Gasteiger partial charge in [0.05, 0.1) is 5.02 Å². The predicted molar refractivity (Wildman–Crippen MR) is 72.1 cm³/mol. The number of ether oxygens (including phenoxy) is 1. The average molecular weight is 295 g/mol. The molecule has 5 nitrogen and oxygen atoms in total.